The zero-order chi connectivity index (χ0) is 11.5. The van der Waals surface area contributed by atoms with Crippen LogP contribution in [0.2, 0.25) is 0 Å². The molecule has 2 nitrogen and oxygen atoms in total. The first-order chi connectivity index (χ1) is 7.68. The summed E-state index contributed by atoms with van der Waals surface area (Å²) in [7, 11) is 0. The van der Waals surface area contributed by atoms with Gasteiger partial charge in [0.1, 0.15) is 0 Å². The Balaban J connectivity index is 2.07. The van der Waals surface area contributed by atoms with Crippen LogP contribution in [0.25, 0.3) is 0 Å². The second-order valence-electron chi connectivity index (χ2n) is 4.86. The number of rotatable bonds is 3. The molecular weight excluding hydrogens is 198 g/mol. The van der Waals surface area contributed by atoms with E-state index in [-0.39, 0.29) is 6.04 Å². The predicted molar refractivity (Wildman–Crippen MR) is 65.1 cm³/mol. The quantitative estimate of drug-likeness (QED) is 0.775. The van der Waals surface area contributed by atoms with Gasteiger partial charge in [-0.15, -0.1) is 0 Å². The number of hydrogen-bond donors (Lipinski definition) is 0. The molecule has 0 radical (unpaired) electrons. The zero-order valence-electron chi connectivity index (χ0n) is 10.0. The van der Waals surface area contributed by atoms with Gasteiger partial charge >= 0.3 is 0 Å². The Morgan fingerprint density at radius 2 is 2.00 bits per heavy atom. The lowest BCUT2D eigenvalue weighted by Gasteiger charge is -2.26. The number of hydrogen-bond acceptors (Lipinski definition) is 2. The van der Waals surface area contributed by atoms with E-state index in [2.05, 4.69) is 43.0 Å². The minimum atomic E-state index is 0.125. The lowest BCUT2D eigenvalue weighted by Crippen LogP contribution is -2.36. The third-order valence-corrected chi connectivity index (χ3v) is 3.23. The first kappa shape index (κ1) is 11.3. The van der Waals surface area contributed by atoms with Crippen molar-refractivity contribution in [1.82, 2.24) is 4.90 Å². The van der Waals surface area contributed by atoms with Crippen molar-refractivity contribution in [3.8, 4) is 0 Å². The maximum Gasteiger partial charge on any atom is 0.151 e. The van der Waals surface area contributed by atoms with Crippen LogP contribution in [0.15, 0.2) is 30.3 Å². The topological polar surface area (TPSA) is 20.3 Å². The van der Waals surface area contributed by atoms with Gasteiger partial charge < -0.3 is 0 Å². The van der Waals surface area contributed by atoms with Gasteiger partial charge in [0.15, 0.2) is 5.78 Å². The summed E-state index contributed by atoms with van der Waals surface area (Å²) < 4.78 is 0. The summed E-state index contributed by atoms with van der Waals surface area (Å²) >= 11 is 0. The van der Waals surface area contributed by atoms with Crippen LogP contribution in [0.4, 0.5) is 0 Å². The zero-order valence-corrected chi connectivity index (χ0v) is 10.0. The van der Waals surface area contributed by atoms with Crippen LogP contribution in [0.3, 0.4) is 0 Å². The standard InChI is InChI=1S/C14H19NO/c1-11(2)14-13(16)8-9-15(14)10-12-6-4-3-5-7-12/h3-7,11,14H,8-10H2,1-2H3. The highest BCUT2D eigenvalue weighted by molar-refractivity contribution is 5.86. The van der Waals surface area contributed by atoms with E-state index in [9.17, 15) is 4.79 Å². The van der Waals surface area contributed by atoms with E-state index in [0.717, 1.165) is 19.5 Å². The number of carbonyl (C=O) groups excluding carboxylic acids is 1. The highest BCUT2D eigenvalue weighted by Gasteiger charge is 2.34. The van der Waals surface area contributed by atoms with Crippen LogP contribution >= 0.6 is 0 Å². The number of nitrogens with zero attached hydrogens (tertiary/aromatic N) is 1. The Morgan fingerprint density at radius 1 is 1.31 bits per heavy atom. The monoisotopic (exact) mass is 217 g/mol. The van der Waals surface area contributed by atoms with Gasteiger partial charge in [0.05, 0.1) is 6.04 Å². The Kier molecular flexibility index (Phi) is 3.39. The van der Waals surface area contributed by atoms with Crippen molar-refractivity contribution < 1.29 is 4.79 Å². The van der Waals surface area contributed by atoms with Crippen molar-refractivity contribution in [2.24, 2.45) is 5.92 Å². The molecule has 1 fully saturated rings. The molecule has 16 heavy (non-hydrogen) atoms. The fourth-order valence-electron chi connectivity index (χ4n) is 2.53. The van der Waals surface area contributed by atoms with Gasteiger partial charge in [-0.05, 0) is 11.5 Å². The molecule has 1 aliphatic heterocycles. The molecule has 0 saturated carbocycles. The minimum Gasteiger partial charge on any atom is -0.298 e. The Labute approximate surface area is 97.3 Å². The molecule has 0 bridgehead atoms. The SMILES string of the molecule is CC(C)C1C(=O)CCN1Cc1ccccc1. The molecule has 1 saturated heterocycles. The van der Waals surface area contributed by atoms with Crippen molar-refractivity contribution in [3.05, 3.63) is 35.9 Å². The Bertz CT molecular complexity index is 358. The van der Waals surface area contributed by atoms with E-state index >= 15 is 0 Å². The lowest BCUT2D eigenvalue weighted by molar-refractivity contribution is -0.121. The minimum absolute atomic E-state index is 0.125. The summed E-state index contributed by atoms with van der Waals surface area (Å²) in [6.45, 7) is 6.07. The summed E-state index contributed by atoms with van der Waals surface area (Å²) in [6.07, 6.45) is 0.718. The van der Waals surface area contributed by atoms with Crippen LogP contribution < -0.4 is 0 Å². The molecule has 2 heteroatoms. The second kappa shape index (κ2) is 4.79. The lowest BCUT2D eigenvalue weighted by atomic mass is 10.0. The summed E-state index contributed by atoms with van der Waals surface area (Å²) in [6, 6.07) is 10.5. The van der Waals surface area contributed by atoms with E-state index in [4.69, 9.17) is 0 Å². The van der Waals surface area contributed by atoms with Gasteiger partial charge in [0.25, 0.3) is 0 Å². The molecular formula is C14H19NO. The summed E-state index contributed by atoms with van der Waals surface area (Å²) in [5.74, 6) is 0.824. The Morgan fingerprint density at radius 3 is 2.62 bits per heavy atom. The first-order valence-electron chi connectivity index (χ1n) is 5.99. The van der Waals surface area contributed by atoms with Gasteiger partial charge in [-0.1, -0.05) is 44.2 Å². The molecule has 0 amide bonds. The first-order valence-corrected chi connectivity index (χ1v) is 5.99. The van der Waals surface area contributed by atoms with E-state index in [0.29, 0.717) is 11.7 Å². The van der Waals surface area contributed by atoms with Crippen molar-refractivity contribution in [2.45, 2.75) is 32.9 Å². The normalized spacial score (nSPS) is 21.9. The molecule has 1 aromatic rings. The Hall–Kier alpha value is -1.15. The summed E-state index contributed by atoms with van der Waals surface area (Å²) in [4.78, 5) is 14.1. The number of carbonyl (C=O) groups is 1. The second-order valence-corrected chi connectivity index (χ2v) is 4.86. The third-order valence-electron chi connectivity index (χ3n) is 3.23. The summed E-state index contributed by atoms with van der Waals surface area (Å²) in [5.41, 5.74) is 1.29. The molecule has 2 rings (SSSR count). The third kappa shape index (κ3) is 2.33. The highest BCUT2D eigenvalue weighted by Crippen LogP contribution is 2.22. The smallest absolute Gasteiger partial charge is 0.151 e. The van der Waals surface area contributed by atoms with Crippen LogP contribution in [-0.4, -0.2) is 23.3 Å². The average Bonchev–Trinajstić information content (AvgIpc) is 2.61. The molecule has 0 aromatic heterocycles. The van der Waals surface area contributed by atoms with Crippen LogP contribution in [0.5, 0.6) is 0 Å². The molecule has 1 aliphatic rings. The molecule has 1 aromatic carbocycles. The number of likely N-dealkylation sites (tertiary alicyclic amines) is 1. The van der Waals surface area contributed by atoms with E-state index in [1.165, 1.54) is 5.56 Å². The maximum absolute atomic E-state index is 11.8. The largest absolute Gasteiger partial charge is 0.298 e. The van der Waals surface area contributed by atoms with E-state index in [1.54, 1.807) is 0 Å². The van der Waals surface area contributed by atoms with Crippen LogP contribution in [0.1, 0.15) is 25.8 Å². The molecule has 1 atom stereocenters. The molecule has 0 aliphatic carbocycles. The summed E-state index contributed by atoms with van der Waals surface area (Å²) in [5, 5.41) is 0. The fourth-order valence-corrected chi connectivity index (χ4v) is 2.53. The fraction of sp³-hybridized carbons (Fsp3) is 0.500. The molecule has 1 unspecified atom stereocenters. The van der Waals surface area contributed by atoms with Gasteiger partial charge in [0, 0.05) is 19.5 Å². The number of benzene rings is 1. The van der Waals surface area contributed by atoms with Crippen molar-refractivity contribution in [1.29, 1.82) is 0 Å². The van der Waals surface area contributed by atoms with Crippen molar-refractivity contribution in [2.75, 3.05) is 6.54 Å². The molecule has 0 spiro atoms. The molecule has 0 N–H and O–H groups in total. The van der Waals surface area contributed by atoms with Crippen LogP contribution in [0, 0.1) is 5.92 Å². The number of ketones is 1. The van der Waals surface area contributed by atoms with E-state index < -0.39 is 0 Å². The van der Waals surface area contributed by atoms with E-state index in [1.807, 2.05) is 6.07 Å². The van der Waals surface area contributed by atoms with Gasteiger partial charge in [-0.25, -0.2) is 0 Å². The van der Waals surface area contributed by atoms with Crippen molar-refractivity contribution >= 4 is 5.78 Å². The van der Waals surface area contributed by atoms with Gasteiger partial charge in [0.2, 0.25) is 0 Å². The van der Waals surface area contributed by atoms with Crippen molar-refractivity contribution in [3.63, 3.8) is 0 Å². The highest BCUT2D eigenvalue weighted by atomic mass is 16.1. The molecule has 1 heterocycles. The number of Topliss-reactive ketones (excluding diaryl/α,β-unsaturated/α-hetero) is 1. The molecule has 86 valence electrons. The predicted octanol–water partition coefficient (Wildman–Crippen LogP) is 2.49. The van der Waals surface area contributed by atoms with Gasteiger partial charge in [-0.2, -0.15) is 0 Å². The average molecular weight is 217 g/mol. The van der Waals surface area contributed by atoms with Crippen LogP contribution in [-0.2, 0) is 11.3 Å². The maximum atomic E-state index is 11.8. The van der Waals surface area contributed by atoms with Gasteiger partial charge in [-0.3, -0.25) is 9.69 Å².